The minimum atomic E-state index is 0.384. The van der Waals surface area contributed by atoms with Crippen molar-refractivity contribution in [2.45, 2.75) is 37.9 Å². The lowest BCUT2D eigenvalue weighted by Crippen LogP contribution is -2.06. The third-order valence-electron chi connectivity index (χ3n) is 2.74. The maximum Gasteiger partial charge on any atom is 0.0760 e. The number of unbranched alkanes of at least 4 members (excludes halogenated alkanes) is 1. The topological polar surface area (TPSA) is 18.5 Å². The molecule has 0 aromatic rings. The Labute approximate surface area is 85.6 Å². The summed E-state index contributed by atoms with van der Waals surface area (Å²) >= 11 is 0. The number of ether oxygens (including phenoxy) is 2. The van der Waals surface area contributed by atoms with E-state index in [-0.39, 0.29) is 0 Å². The van der Waals surface area contributed by atoms with E-state index in [9.17, 15) is 0 Å². The molecule has 0 N–H and O–H groups in total. The molecule has 2 rings (SSSR count). The van der Waals surface area contributed by atoms with Crippen LogP contribution in [0.2, 0.25) is 0 Å². The fraction of sp³-hybridized carbons (Fsp3) is 0.667. The van der Waals surface area contributed by atoms with Crippen LogP contribution in [0.1, 0.15) is 25.7 Å². The van der Waals surface area contributed by atoms with Crippen molar-refractivity contribution in [2.75, 3.05) is 13.2 Å². The minimum absolute atomic E-state index is 0.384. The predicted molar refractivity (Wildman–Crippen MR) is 56.2 cm³/mol. The number of hydrogen-bond acceptors (Lipinski definition) is 2. The first-order chi connectivity index (χ1) is 6.95. The zero-order valence-electron chi connectivity index (χ0n) is 8.52. The normalized spacial score (nSPS) is 30.3. The van der Waals surface area contributed by atoms with Gasteiger partial charge in [0.1, 0.15) is 0 Å². The largest absolute Gasteiger partial charge is 0.370 e. The van der Waals surface area contributed by atoms with Crippen molar-refractivity contribution < 1.29 is 9.47 Å². The van der Waals surface area contributed by atoms with Crippen molar-refractivity contribution in [2.24, 2.45) is 0 Å². The molecule has 0 aliphatic carbocycles. The van der Waals surface area contributed by atoms with Gasteiger partial charge in [0.05, 0.1) is 25.4 Å². The van der Waals surface area contributed by atoms with E-state index in [1.165, 1.54) is 12.8 Å². The van der Waals surface area contributed by atoms with Crippen LogP contribution in [-0.2, 0) is 9.47 Å². The Morgan fingerprint density at radius 3 is 1.71 bits per heavy atom. The smallest absolute Gasteiger partial charge is 0.0760 e. The first-order valence-electron chi connectivity index (χ1n) is 5.52. The molecular weight excluding hydrogens is 176 g/mol. The summed E-state index contributed by atoms with van der Waals surface area (Å²) in [5.41, 5.74) is 0. The molecule has 2 heteroatoms. The van der Waals surface area contributed by atoms with Crippen LogP contribution in [0.25, 0.3) is 0 Å². The summed E-state index contributed by atoms with van der Waals surface area (Å²) in [5, 5.41) is 0. The van der Waals surface area contributed by atoms with Gasteiger partial charge in [-0.25, -0.2) is 0 Å². The highest BCUT2D eigenvalue weighted by Crippen LogP contribution is 2.16. The highest BCUT2D eigenvalue weighted by Gasteiger charge is 2.11. The second kappa shape index (κ2) is 5.32. The van der Waals surface area contributed by atoms with Crippen molar-refractivity contribution in [1.82, 2.24) is 0 Å². The molecular formula is C12H18O2. The Balaban J connectivity index is 1.50. The molecule has 78 valence electrons. The molecule has 0 aromatic carbocycles. The zero-order chi connectivity index (χ0) is 9.64. The fourth-order valence-electron chi connectivity index (χ4n) is 1.93. The maximum absolute atomic E-state index is 5.47. The molecule has 2 nitrogen and oxygen atoms in total. The van der Waals surface area contributed by atoms with Gasteiger partial charge >= 0.3 is 0 Å². The van der Waals surface area contributed by atoms with E-state index in [2.05, 4.69) is 24.3 Å². The fourth-order valence-corrected chi connectivity index (χ4v) is 1.93. The van der Waals surface area contributed by atoms with Gasteiger partial charge in [0.15, 0.2) is 0 Å². The van der Waals surface area contributed by atoms with E-state index in [0.29, 0.717) is 12.2 Å². The van der Waals surface area contributed by atoms with Crippen LogP contribution in [0.3, 0.4) is 0 Å². The van der Waals surface area contributed by atoms with Crippen LogP contribution in [0, 0.1) is 0 Å². The third kappa shape index (κ3) is 2.96. The highest BCUT2D eigenvalue weighted by atomic mass is 16.5. The van der Waals surface area contributed by atoms with Crippen LogP contribution in [0.4, 0.5) is 0 Å². The lowest BCUT2D eigenvalue weighted by atomic mass is 10.1. The molecule has 2 aliphatic rings. The van der Waals surface area contributed by atoms with Crippen LogP contribution in [0.5, 0.6) is 0 Å². The van der Waals surface area contributed by atoms with Gasteiger partial charge in [0.25, 0.3) is 0 Å². The SMILES string of the molecule is C1=C[C@H](CCCC[C@@H]2C=CCO2)OC1. The van der Waals surface area contributed by atoms with E-state index >= 15 is 0 Å². The molecule has 2 atom stereocenters. The van der Waals surface area contributed by atoms with Crippen molar-refractivity contribution in [3.05, 3.63) is 24.3 Å². The molecule has 2 heterocycles. The highest BCUT2D eigenvalue weighted by molar-refractivity contribution is 4.96. The standard InChI is InChI=1S/C12H18O2/c1(5-11-7-3-9-13-11)2-6-12-8-4-10-14-12/h3-4,7-8,11-12H,1-2,5-6,9-10H2/t11-,12+. The van der Waals surface area contributed by atoms with E-state index in [1.807, 2.05) is 0 Å². The van der Waals surface area contributed by atoms with Crippen LogP contribution in [0.15, 0.2) is 24.3 Å². The second-order valence-electron chi connectivity index (χ2n) is 3.88. The van der Waals surface area contributed by atoms with Gasteiger partial charge in [-0.15, -0.1) is 0 Å². The average Bonchev–Trinajstić information content (AvgIpc) is 2.86. The van der Waals surface area contributed by atoms with Crippen molar-refractivity contribution in [3.63, 3.8) is 0 Å². The number of hydrogen-bond donors (Lipinski definition) is 0. The molecule has 0 fully saturated rings. The number of rotatable bonds is 5. The van der Waals surface area contributed by atoms with Gasteiger partial charge in [-0.1, -0.05) is 37.1 Å². The Bertz CT molecular complexity index is 196. The van der Waals surface area contributed by atoms with E-state index in [4.69, 9.17) is 9.47 Å². The average molecular weight is 194 g/mol. The zero-order valence-corrected chi connectivity index (χ0v) is 8.52. The molecule has 14 heavy (non-hydrogen) atoms. The summed E-state index contributed by atoms with van der Waals surface area (Å²) in [5.74, 6) is 0. The van der Waals surface area contributed by atoms with Gasteiger partial charge in [-0.3, -0.25) is 0 Å². The summed E-state index contributed by atoms with van der Waals surface area (Å²) < 4.78 is 10.9. The lowest BCUT2D eigenvalue weighted by molar-refractivity contribution is 0.108. The summed E-state index contributed by atoms with van der Waals surface area (Å²) in [6, 6.07) is 0. The summed E-state index contributed by atoms with van der Waals surface area (Å²) in [7, 11) is 0. The van der Waals surface area contributed by atoms with Crippen molar-refractivity contribution >= 4 is 0 Å². The van der Waals surface area contributed by atoms with Gasteiger partial charge in [-0.2, -0.15) is 0 Å². The predicted octanol–water partition coefficient (Wildman–Crippen LogP) is 2.46. The molecule has 0 amide bonds. The molecule has 0 spiro atoms. The summed E-state index contributed by atoms with van der Waals surface area (Å²) in [6.45, 7) is 1.61. The summed E-state index contributed by atoms with van der Waals surface area (Å²) in [4.78, 5) is 0. The molecule has 0 aromatic heterocycles. The van der Waals surface area contributed by atoms with Gasteiger partial charge in [0, 0.05) is 0 Å². The Hall–Kier alpha value is -0.600. The Morgan fingerprint density at radius 1 is 0.857 bits per heavy atom. The van der Waals surface area contributed by atoms with Crippen LogP contribution in [-0.4, -0.2) is 25.4 Å². The van der Waals surface area contributed by atoms with Crippen molar-refractivity contribution in [3.8, 4) is 0 Å². The Morgan fingerprint density at radius 2 is 1.36 bits per heavy atom. The van der Waals surface area contributed by atoms with Crippen LogP contribution >= 0.6 is 0 Å². The van der Waals surface area contributed by atoms with Gasteiger partial charge < -0.3 is 9.47 Å². The molecule has 0 radical (unpaired) electrons. The minimum Gasteiger partial charge on any atom is -0.370 e. The van der Waals surface area contributed by atoms with Crippen molar-refractivity contribution in [1.29, 1.82) is 0 Å². The van der Waals surface area contributed by atoms with E-state index in [0.717, 1.165) is 26.1 Å². The summed E-state index contributed by atoms with van der Waals surface area (Å²) in [6.07, 6.45) is 14.1. The monoisotopic (exact) mass is 194 g/mol. The van der Waals surface area contributed by atoms with E-state index < -0.39 is 0 Å². The second-order valence-corrected chi connectivity index (χ2v) is 3.88. The van der Waals surface area contributed by atoms with Gasteiger partial charge in [0.2, 0.25) is 0 Å². The maximum atomic E-state index is 5.47. The molecule has 0 saturated carbocycles. The molecule has 0 bridgehead atoms. The third-order valence-corrected chi connectivity index (χ3v) is 2.74. The first-order valence-corrected chi connectivity index (χ1v) is 5.52. The lowest BCUT2D eigenvalue weighted by Gasteiger charge is -2.10. The Kier molecular flexibility index (Phi) is 3.78. The van der Waals surface area contributed by atoms with Gasteiger partial charge in [-0.05, 0) is 12.8 Å². The first kappa shape index (κ1) is 9.94. The molecule has 2 aliphatic heterocycles. The molecule has 0 saturated heterocycles. The quantitative estimate of drug-likeness (QED) is 0.494. The van der Waals surface area contributed by atoms with E-state index in [1.54, 1.807) is 0 Å². The van der Waals surface area contributed by atoms with Crippen LogP contribution < -0.4 is 0 Å². The molecule has 0 unspecified atom stereocenters.